The van der Waals surface area contributed by atoms with Crippen molar-refractivity contribution in [1.82, 2.24) is 4.98 Å². The Bertz CT molecular complexity index is 421. The maximum atomic E-state index is 12.9. The minimum Gasteiger partial charge on any atom is -0.367 e. The highest BCUT2D eigenvalue weighted by atomic mass is 79.9. The number of alkyl halides is 3. The molecule has 0 aliphatic carbocycles. The smallest absolute Gasteiger partial charge is 0.367 e. The Balaban J connectivity index is 3.06. The highest BCUT2D eigenvalue weighted by Gasteiger charge is 2.35. The summed E-state index contributed by atoms with van der Waals surface area (Å²) in [5.41, 5.74) is 4.71. The first-order valence-corrected chi connectivity index (χ1v) is 6.74. The molecule has 3 N–H and O–H groups in total. The van der Waals surface area contributed by atoms with Crippen LogP contribution in [-0.2, 0) is 6.18 Å². The van der Waals surface area contributed by atoms with Crippen LogP contribution in [0.4, 0.5) is 19.0 Å². The van der Waals surface area contributed by atoms with E-state index in [0.29, 0.717) is 17.4 Å². The predicted octanol–water partition coefficient (Wildman–Crippen LogP) is 3.65. The van der Waals surface area contributed by atoms with Crippen molar-refractivity contribution < 1.29 is 13.2 Å². The fourth-order valence-electron chi connectivity index (χ4n) is 1.70. The molecular weight excluding hydrogens is 323 g/mol. The van der Waals surface area contributed by atoms with E-state index >= 15 is 0 Å². The number of nitrogens with two attached hydrogens (primary N) is 1. The summed E-state index contributed by atoms with van der Waals surface area (Å²) in [5.74, 6) is 0.0120. The van der Waals surface area contributed by atoms with E-state index in [2.05, 4.69) is 26.2 Å². The topological polar surface area (TPSA) is 50.9 Å². The van der Waals surface area contributed by atoms with Gasteiger partial charge < -0.3 is 11.1 Å². The quantitative estimate of drug-likeness (QED) is 0.860. The molecule has 19 heavy (non-hydrogen) atoms. The Kier molecular flexibility index (Phi) is 5.61. The van der Waals surface area contributed by atoms with Crippen LogP contribution in [0, 0.1) is 5.92 Å². The highest BCUT2D eigenvalue weighted by molar-refractivity contribution is 9.10. The Morgan fingerprint density at radius 3 is 2.53 bits per heavy atom. The zero-order valence-electron chi connectivity index (χ0n) is 10.8. The molecule has 0 saturated carbocycles. The number of aromatic nitrogens is 1. The maximum absolute atomic E-state index is 12.9. The summed E-state index contributed by atoms with van der Waals surface area (Å²) >= 11 is 3.00. The third-order valence-corrected chi connectivity index (χ3v) is 3.20. The third kappa shape index (κ3) is 4.65. The average molecular weight is 340 g/mol. The lowest BCUT2D eigenvalue weighted by atomic mass is 10.0. The Morgan fingerprint density at radius 1 is 1.42 bits per heavy atom. The molecule has 1 atom stereocenters. The molecule has 1 rings (SSSR count). The molecule has 0 fully saturated rings. The van der Waals surface area contributed by atoms with Crippen molar-refractivity contribution in [2.24, 2.45) is 11.7 Å². The Hall–Kier alpha value is -0.820. The molecule has 1 unspecified atom stereocenters. The first kappa shape index (κ1) is 16.2. The van der Waals surface area contributed by atoms with Crippen LogP contribution in [0.5, 0.6) is 0 Å². The maximum Gasteiger partial charge on any atom is 0.419 e. The van der Waals surface area contributed by atoms with Gasteiger partial charge >= 0.3 is 6.18 Å². The second kappa shape index (κ2) is 6.56. The van der Waals surface area contributed by atoms with Crippen LogP contribution in [0.2, 0.25) is 0 Å². The lowest BCUT2D eigenvalue weighted by Crippen LogP contribution is -2.30. The van der Waals surface area contributed by atoms with Crippen LogP contribution in [-0.4, -0.2) is 17.6 Å². The Labute approximate surface area is 118 Å². The fraction of sp³-hybridized carbons (Fsp3) is 0.583. The van der Waals surface area contributed by atoms with Gasteiger partial charge in [0, 0.05) is 16.7 Å². The molecule has 0 aliphatic heterocycles. The van der Waals surface area contributed by atoms with Crippen molar-refractivity contribution >= 4 is 21.7 Å². The molecule has 0 radical (unpaired) electrons. The number of rotatable bonds is 5. The molecule has 3 nitrogen and oxygen atoms in total. The standard InChI is InChI=1S/C12H17BrF3N3/c1-7(2)10(3-4-17)19-11-9(12(14,15)16)5-8(13)6-18-11/h5-7,10H,3-4,17H2,1-2H3,(H,18,19). The van der Waals surface area contributed by atoms with Crippen molar-refractivity contribution in [1.29, 1.82) is 0 Å². The zero-order valence-corrected chi connectivity index (χ0v) is 12.3. The van der Waals surface area contributed by atoms with E-state index in [9.17, 15) is 13.2 Å². The summed E-state index contributed by atoms with van der Waals surface area (Å²) in [5, 5.41) is 2.85. The molecule has 0 saturated heterocycles. The largest absolute Gasteiger partial charge is 0.419 e. The number of hydrogen-bond acceptors (Lipinski definition) is 3. The normalized spacial score (nSPS) is 13.7. The molecule has 0 amide bonds. The molecule has 1 heterocycles. The van der Waals surface area contributed by atoms with E-state index in [4.69, 9.17) is 5.73 Å². The van der Waals surface area contributed by atoms with Crippen molar-refractivity contribution in [2.75, 3.05) is 11.9 Å². The first-order chi connectivity index (χ1) is 8.75. The fourth-order valence-corrected chi connectivity index (χ4v) is 2.03. The van der Waals surface area contributed by atoms with Gasteiger partial charge in [-0.2, -0.15) is 13.2 Å². The Morgan fingerprint density at radius 2 is 2.05 bits per heavy atom. The van der Waals surface area contributed by atoms with Crippen molar-refractivity contribution in [3.8, 4) is 0 Å². The van der Waals surface area contributed by atoms with Crippen LogP contribution in [0.25, 0.3) is 0 Å². The zero-order chi connectivity index (χ0) is 14.6. The number of pyridine rings is 1. The van der Waals surface area contributed by atoms with Gasteiger partial charge in [0.05, 0.1) is 5.56 Å². The van der Waals surface area contributed by atoms with Gasteiger partial charge in [-0.1, -0.05) is 13.8 Å². The van der Waals surface area contributed by atoms with Gasteiger partial charge in [-0.25, -0.2) is 4.98 Å². The summed E-state index contributed by atoms with van der Waals surface area (Å²) in [6.45, 7) is 4.27. The lowest BCUT2D eigenvalue weighted by Gasteiger charge is -2.24. The van der Waals surface area contributed by atoms with Gasteiger partial charge in [0.15, 0.2) is 0 Å². The second-order valence-corrected chi connectivity index (χ2v) is 5.54. The summed E-state index contributed by atoms with van der Waals surface area (Å²) < 4.78 is 39.1. The molecule has 7 heteroatoms. The number of halogens is 4. The van der Waals surface area contributed by atoms with Gasteiger partial charge in [0.25, 0.3) is 0 Å². The van der Waals surface area contributed by atoms with E-state index < -0.39 is 11.7 Å². The van der Waals surface area contributed by atoms with Crippen molar-refractivity contribution in [2.45, 2.75) is 32.5 Å². The van der Waals surface area contributed by atoms with Crippen molar-refractivity contribution in [3.05, 3.63) is 22.3 Å². The van der Waals surface area contributed by atoms with E-state index in [1.807, 2.05) is 13.8 Å². The minimum absolute atomic E-state index is 0.139. The molecule has 1 aromatic heterocycles. The van der Waals surface area contributed by atoms with Crippen LogP contribution in [0.3, 0.4) is 0 Å². The number of nitrogens with one attached hydrogen (secondary N) is 1. The number of hydrogen-bond donors (Lipinski definition) is 2. The van der Waals surface area contributed by atoms with Gasteiger partial charge in [-0.3, -0.25) is 0 Å². The summed E-state index contributed by atoms with van der Waals surface area (Å²) in [6, 6.07) is 0.884. The van der Waals surface area contributed by atoms with E-state index in [0.717, 1.165) is 6.07 Å². The predicted molar refractivity (Wildman–Crippen MR) is 72.9 cm³/mol. The number of nitrogens with zero attached hydrogens (tertiary/aromatic N) is 1. The molecule has 0 aliphatic rings. The number of anilines is 1. The second-order valence-electron chi connectivity index (χ2n) is 4.62. The van der Waals surface area contributed by atoms with Crippen LogP contribution in [0.1, 0.15) is 25.8 Å². The SMILES string of the molecule is CC(C)C(CCN)Nc1ncc(Br)cc1C(F)(F)F. The van der Waals surface area contributed by atoms with Crippen molar-refractivity contribution in [3.63, 3.8) is 0 Å². The van der Waals surface area contributed by atoms with Gasteiger partial charge in [0.2, 0.25) is 0 Å². The molecule has 0 bridgehead atoms. The monoisotopic (exact) mass is 339 g/mol. The molecular formula is C12H17BrF3N3. The minimum atomic E-state index is -4.44. The summed E-state index contributed by atoms with van der Waals surface area (Å²) in [6.07, 6.45) is -2.51. The van der Waals surface area contributed by atoms with E-state index in [-0.39, 0.29) is 17.8 Å². The molecule has 0 aromatic carbocycles. The van der Waals surface area contributed by atoms with Gasteiger partial charge in [-0.15, -0.1) is 0 Å². The third-order valence-electron chi connectivity index (χ3n) is 2.76. The van der Waals surface area contributed by atoms with Crippen LogP contribution >= 0.6 is 15.9 Å². The summed E-state index contributed by atoms with van der Waals surface area (Å²) in [7, 11) is 0. The van der Waals surface area contributed by atoms with Gasteiger partial charge in [0.1, 0.15) is 5.82 Å². The summed E-state index contributed by atoms with van der Waals surface area (Å²) in [4.78, 5) is 3.83. The molecule has 1 aromatic rings. The average Bonchev–Trinajstić information content (AvgIpc) is 2.29. The highest BCUT2D eigenvalue weighted by Crippen LogP contribution is 2.35. The van der Waals surface area contributed by atoms with E-state index in [1.165, 1.54) is 6.20 Å². The first-order valence-electron chi connectivity index (χ1n) is 5.95. The van der Waals surface area contributed by atoms with Crippen LogP contribution in [0.15, 0.2) is 16.7 Å². The van der Waals surface area contributed by atoms with E-state index in [1.54, 1.807) is 0 Å². The lowest BCUT2D eigenvalue weighted by molar-refractivity contribution is -0.137. The molecule has 0 spiro atoms. The molecule has 108 valence electrons. The van der Waals surface area contributed by atoms with Crippen LogP contribution < -0.4 is 11.1 Å². The van der Waals surface area contributed by atoms with Gasteiger partial charge in [-0.05, 0) is 40.9 Å².